The molecule has 0 aromatic heterocycles. The van der Waals surface area contributed by atoms with E-state index in [-0.39, 0.29) is 6.42 Å². The van der Waals surface area contributed by atoms with Crippen molar-refractivity contribution in [3.8, 4) is 5.75 Å². The average molecular weight is 371 g/mol. The summed E-state index contributed by atoms with van der Waals surface area (Å²) in [5, 5.41) is 9.48. The molecule has 0 aliphatic carbocycles. The normalized spacial score (nSPS) is 13.5. The lowest BCUT2D eigenvalue weighted by Gasteiger charge is -2.28. The molecule has 144 valence electrons. The van der Waals surface area contributed by atoms with Gasteiger partial charge in [0.25, 0.3) is 0 Å². The van der Waals surface area contributed by atoms with Crippen LogP contribution in [0.3, 0.4) is 0 Å². The zero-order chi connectivity index (χ0) is 20.1. The Hall–Kier alpha value is -2.86. The summed E-state index contributed by atoms with van der Waals surface area (Å²) < 4.78 is 10.9. The molecule has 0 heterocycles. The maximum absolute atomic E-state index is 12.3. The highest BCUT2D eigenvalue weighted by Crippen LogP contribution is 2.20. The van der Waals surface area contributed by atoms with E-state index < -0.39 is 23.1 Å². The molecule has 2 aromatic carbocycles. The minimum absolute atomic E-state index is 0.184. The van der Waals surface area contributed by atoms with E-state index in [1.54, 1.807) is 45.0 Å². The van der Waals surface area contributed by atoms with Crippen LogP contribution in [0.4, 0.5) is 0 Å². The number of hydrogen-bond donors (Lipinski definition) is 2. The average Bonchev–Trinajstić information content (AvgIpc) is 2.60. The zero-order valence-corrected chi connectivity index (χ0v) is 15.8. The van der Waals surface area contributed by atoms with Crippen LogP contribution in [0.15, 0.2) is 54.6 Å². The predicted octanol–water partition coefficient (Wildman–Crippen LogP) is 2.93. The van der Waals surface area contributed by atoms with E-state index in [2.05, 4.69) is 0 Å². The Labute approximate surface area is 158 Å². The molecule has 6 nitrogen and oxygen atoms in total. The molecule has 0 aliphatic heterocycles. The van der Waals surface area contributed by atoms with Crippen LogP contribution in [0.25, 0.3) is 0 Å². The molecule has 0 bridgehead atoms. The van der Waals surface area contributed by atoms with Gasteiger partial charge in [-0.1, -0.05) is 42.5 Å². The van der Waals surface area contributed by atoms with Gasteiger partial charge < -0.3 is 20.3 Å². The van der Waals surface area contributed by atoms with Gasteiger partial charge in [-0.3, -0.25) is 0 Å². The first-order valence-corrected chi connectivity index (χ1v) is 8.61. The number of rotatable bonds is 7. The van der Waals surface area contributed by atoms with E-state index in [0.717, 1.165) is 5.56 Å². The first-order valence-electron chi connectivity index (χ1n) is 8.61. The van der Waals surface area contributed by atoms with Gasteiger partial charge in [0.15, 0.2) is 0 Å². The highest BCUT2D eigenvalue weighted by atomic mass is 16.6. The smallest absolute Gasteiger partial charge is 0.338 e. The molecule has 0 spiro atoms. The van der Waals surface area contributed by atoms with Crippen molar-refractivity contribution in [3.63, 3.8) is 0 Å². The van der Waals surface area contributed by atoms with Gasteiger partial charge in [-0.05, 0) is 44.0 Å². The summed E-state index contributed by atoms with van der Waals surface area (Å²) in [4.78, 5) is 23.9. The topological polar surface area (TPSA) is 98.9 Å². The summed E-state index contributed by atoms with van der Waals surface area (Å²) in [6.07, 6.45) is -0.184. The van der Waals surface area contributed by atoms with Gasteiger partial charge in [0, 0.05) is 6.42 Å². The summed E-state index contributed by atoms with van der Waals surface area (Å²) in [5.74, 6) is -1.76. The number of aliphatic carboxylic acids is 1. The summed E-state index contributed by atoms with van der Waals surface area (Å²) in [6.45, 7) is 5.40. The van der Waals surface area contributed by atoms with Gasteiger partial charge in [0.1, 0.15) is 18.0 Å². The van der Waals surface area contributed by atoms with Crippen molar-refractivity contribution in [3.05, 3.63) is 65.7 Å². The van der Waals surface area contributed by atoms with E-state index in [4.69, 9.17) is 15.2 Å². The molecule has 0 saturated heterocycles. The van der Waals surface area contributed by atoms with Crippen LogP contribution in [-0.4, -0.2) is 28.2 Å². The second-order valence-corrected chi connectivity index (χ2v) is 7.37. The third-order valence-corrected chi connectivity index (χ3v) is 3.80. The molecule has 6 heteroatoms. The number of hydrogen-bond acceptors (Lipinski definition) is 5. The predicted molar refractivity (Wildman–Crippen MR) is 101 cm³/mol. The van der Waals surface area contributed by atoms with Gasteiger partial charge in [0.05, 0.1) is 0 Å². The summed E-state index contributed by atoms with van der Waals surface area (Å²) >= 11 is 0. The van der Waals surface area contributed by atoms with Gasteiger partial charge >= 0.3 is 11.9 Å². The number of benzene rings is 2. The Balaban J connectivity index is 2.06. The highest BCUT2D eigenvalue weighted by molar-refractivity contribution is 6.04. The molecule has 2 rings (SSSR count). The molecular weight excluding hydrogens is 346 g/mol. The molecule has 27 heavy (non-hydrogen) atoms. The van der Waals surface area contributed by atoms with Crippen LogP contribution in [0.1, 0.15) is 31.9 Å². The van der Waals surface area contributed by atoms with Crippen molar-refractivity contribution in [1.82, 2.24) is 0 Å². The fourth-order valence-corrected chi connectivity index (χ4v) is 2.37. The van der Waals surface area contributed by atoms with E-state index in [1.807, 2.05) is 30.3 Å². The van der Waals surface area contributed by atoms with E-state index in [0.29, 0.717) is 17.9 Å². The summed E-state index contributed by atoms with van der Waals surface area (Å²) in [5.41, 5.74) is 4.55. The monoisotopic (exact) mass is 371 g/mol. The van der Waals surface area contributed by atoms with Crippen LogP contribution in [0.2, 0.25) is 0 Å². The molecule has 0 fully saturated rings. The first kappa shape index (κ1) is 20.5. The Bertz CT molecular complexity index is 780. The SMILES string of the molecule is CC(C)(C)OC(=O)C(N)(Cc1ccc(OCc2ccccc2)cc1)C(=O)O. The van der Waals surface area contributed by atoms with Crippen molar-refractivity contribution in [2.45, 2.75) is 44.9 Å². The number of nitrogens with two attached hydrogens (primary N) is 1. The third kappa shape index (κ3) is 5.82. The minimum atomic E-state index is -2.15. The van der Waals surface area contributed by atoms with Crippen molar-refractivity contribution in [2.24, 2.45) is 5.73 Å². The minimum Gasteiger partial charge on any atom is -0.489 e. The number of carbonyl (C=O) groups is 2. The fourth-order valence-electron chi connectivity index (χ4n) is 2.37. The van der Waals surface area contributed by atoms with Crippen molar-refractivity contribution in [1.29, 1.82) is 0 Å². The van der Waals surface area contributed by atoms with Crippen molar-refractivity contribution in [2.75, 3.05) is 0 Å². The quantitative estimate of drug-likeness (QED) is 0.573. The molecular formula is C21H25NO5. The fraction of sp³-hybridized carbons (Fsp3) is 0.333. The second-order valence-electron chi connectivity index (χ2n) is 7.37. The Morgan fingerprint density at radius 2 is 1.56 bits per heavy atom. The highest BCUT2D eigenvalue weighted by Gasteiger charge is 2.45. The maximum atomic E-state index is 12.3. The Kier molecular flexibility index (Phi) is 6.23. The lowest BCUT2D eigenvalue weighted by Crippen LogP contribution is -2.58. The van der Waals surface area contributed by atoms with Crippen LogP contribution in [-0.2, 0) is 27.4 Å². The number of carboxylic acid groups (broad SMARTS) is 1. The molecule has 2 aromatic rings. The largest absolute Gasteiger partial charge is 0.489 e. The lowest BCUT2D eigenvalue weighted by molar-refractivity contribution is -0.169. The molecule has 1 unspecified atom stereocenters. The van der Waals surface area contributed by atoms with Gasteiger partial charge in [0.2, 0.25) is 5.54 Å². The van der Waals surface area contributed by atoms with Crippen molar-refractivity contribution >= 4 is 11.9 Å². The first-order chi connectivity index (χ1) is 12.6. The number of esters is 1. The summed E-state index contributed by atoms with van der Waals surface area (Å²) in [7, 11) is 0. The van der Waals surface area contributed by atoms with E-state index >= 15 is 0 Å². The van der Waals surface area contributed by atoms with Crippen LogP contribution < -0.4 is 10.5 Å². The molecule has 1 atom stereocenters. The molecule has 3 N–H and O–H groups in total. The standard InChI is InChI=1S/C21H25NO5/c1-20(2,3)27-19(25)21(22,18(23)24)13-15-9-11-17(12-10-15)26-14-16-7-5-4-6-8-16/h4-12H,13-14,22H2,1-3H3,(H,23,24). The van der Waals surface area contributed by atoms with Gasteiger partial charge in [-0.15, -0.1) is 0 Å². The zero-order valence-electron chi connectivity index (χ0n) is 15.8. The molecule has 0 radical (unpaired) electrons. The number of carbonyl (C=O) groups excluding carboxylic acids is 1. The lowest BCUT2D eigenvalue weighted by atomic mass is 9.91. The maximum Gasteiger partial charge on any atom is 0.338 e. The molecule has 0 saturated carbocycles. The summed E-state index contributed by atoms with van der Waals surface area (Å²) in [6, 6.07) is 16.5. The Morgan fingerprint density at radius 1 is 0.963 bits per heavy atom. The van der Waals surface area contributed by atoms with Gasteiger partial charge in [-0.25, -0.2) is 9.59 Å². The second kappa shape index (κ2) is 8.22. The Morgan fingerprint density at radius 3 is 2.07 bits per heavy atom. The van der Waals surface area contributed by atoms with Crippen LogP contribution in [0, 0.1) is 0 Å². The van der Waals surface area contributed by atoms with E-state index in [1.165, 1.54) is 0 Å². The van der Waals surface area contributed by atoms with Crippen molar-refractivity contribution < 1.29 is 24.2 Å². The third-order valence-electron chi connectivity index (χ3n) is 3.80. The molecule has 0 aliphatic rings. The van der Waals surface area contributed by atoms with E-state index in [9.17, 15) is 14.7 Å². The van der Waals surface area contributed by atoms with Gasteiger partial charge in [-0.2, -0.15) is 0 Å². The molecule has 0 amide bonds. The number of ether oxygens (including phenoxy) is 2. The van der Waals surface area contributed by atoms with Crippen LogP contribution >= 0.6 is 0 Å². The number of carboxylic acids is 1. The van der Waals surface area contributed by atoms with Crippen LogP contribution in [0.5, 0.6) is 5.75 Å².